The molecule has 7 aliphatic rings. The van der Waals surface area contributed by atoms with Crippen LogP contribution in [0.4, 0.5) is 0 Å². The van der Waals surface area contributed by atoms with Gasteiger partial charge in [0.05, 0.1) is 22.7 Å². The van der Waals surface area contributed by atoms with Crippen LogP contribution in [0.2, 0.25) is 0 Å². The molecule has 3 saturated carbocycles. The molecule has 10 heteroatoms. The second-order valence-electron chi connectivity index (χ2n) is 16.7. The third kappa shape index (κ3) is 4.51. The number of hydrogen-bond acceptors (Lipinski definition) is 8. The Morgan fingerprint density at radius 2 is 1.78 bits per heavy atom. The van der Waals surface area contributed by atoms with Crippen molar-refractivity contribution in [1.29, 1.82) is 0 Å². The van der Waals surface area contributed by atoms with E-state index in [9.17, 15) is 18.6 Å². The standard InChI is InChI=1S/C40H47NO6S3/c1-36-14-11-27(42)22-38(36)17-18-40(29(23-38)35(43)31-21-26-7-3-4-9-30(26)49-31)32(36)12-15-37(2)33(40)13-16-39(37,44)25-41(24-28-8-5-19-47-28)50(45,46)34-10-6-20-48-34/h3-4,6-7,9-10,17-18,20-21,23,27-28,32-33,42,44H,5,8,11-16,19,22,24-25H2,1-2H3. The van der Waals surface area contributed by atoms with Gasteiger partial charge in [0.2, 0.25) is 0 Å². The van der Waals surface area contributed by atoms with Gasteiger partial charge in [-0.2, -0.15) is 4.31 Å². The molecule has 1 aliphatic heterocycles. The SMILES string of the molecule is CC12CCC(O)CC13C=CC1(C(C(=O)c4cc5ccccc5s4)=C3)C2CCC2(C)C1CCC2(O)CN(CC1CCCO1)S(=O)(=O)c1cccs1. The van der Waals surface area contributed by atoms with Crippen molar-refractivity contribution in [3.8, 4) is 0 Å². The second-order valence-corrected chi connectivity index (χ2v) is 20.8. The lowest BCUT2D eigenvalue weighted by Crippen LogP contribution is -2.67. The van der Waals surface area contributed by atoms with Gasteiger partial charge in [-0.25, -0.2) is 8.42 Å². The molecule has 50 heavy (non-hydrogen) atoms. The number of sulfonamides is 1. The molecule has 0 radical (unpaired) electrons. The van der Waals surface area contributed by atoms with E-state index < -0.39 is 38.0 Å². The van der Waals surface area contributed by atoms with E-state index in [0.29, 0.717) is 25.9 Å². The molecule has 1 saturated heterocycles. The van der Waals surface area contributed by atoms with Crippen LogP contribution in [0.5, 0.6) is 0 Å². The van der Waals surface area contributed by atoms with Gasteiger partial charge in [-0.05, 0) is 104 Å². The number of allylic oxidation sites excluding steroid dienone is 4. The van der Waals surface area contributed by atoms with Crippen LogP contribution < -0.4 is 0 Å². The van der Waals surface area contributed by atoms with Crippen molar-refractivity contribution in [3.05, 3.63) is 76.5 Å². The molecule has 9 unspecified atom stereocenters. The second kappa shape index (κ2) is 11.4. The van der Waals surface area contributed by atoms with E-state index >= 15 is 4.79 Å². The average Bonchev–Trinajstić information content (AvgIpc) is 3.92. The summed E-state index contributed by atoms with van der Waals surface area (Å²) >= 11 is 2.75. The van der Waals surface area contributed by atoms with Gasteiger partial charge in [0.25, 0.3) is 10.0 Å². The van der Waals surface area contributed by atoms with Crippen LogP contribution in [0, 0.1) is 33.5 Å². The maximum atomic E-state index is 15.0. The van der Waals surface area contributed by atoms with Gasteiger partial charge < -0.3 is 14.9 Å². The maximum absolute atomic E-state index is 15.0. The molecule has 1 aromatic carbocycles. The van der Waals surface area contributed by atoms with Crippen molar-refractivity contribution in [3.63, 3.8) is 0 Å². The molecule has 0 amide bonds. The fraction of sp³-hybridized carbons (Fsp3) is 0.575. The minimum Gasteiger partial charge on any atom is -0.393 e. The minimum atomic E-state index is -3.87. The number of rotatable bonds is 8. The van der Waals surface area contributed by atoms with Gasteiger partial charge in [0.1, 0.15) is 4.21 Å². The Balaban J connectivity index is 1.15. The number of carbonyl (C=O) groups is 1. The van der Waals surface area contributed by atoms with Crippen molar-refractivity contribution in [2.24, 2.45) is 33.5 Å². The van der Waals surface area contributed by atoms with Crippen molar-refractivity contribution in [2.75, 3.05) is 19.7 Å². The van der Waals surface area contributed by atoms with E-state index in [1.54, 1.807) is 28.8 Å². The minimum absolute atomic E-state index is 0.00125. The molecule has 266 valence electrons. The fourth-order valence-electron chi connectivity index (χ4n) is 11.9. The van der Waals surface area contributed by atoms with E-state index in [1.807, 2.05) is 18.2 Å². The molecule has 2 aromatic heterocycles. The predicted octanol–water partition coefficient (Wildman–Crippen LogP) is 7.61. The summed E-state index contributed by atoms with van der Waals surface area (Å²) in [4.78, 5) is 15.8. The van der Waals surface area contributed by atoms with Crippen LogP contribution in [0.1, 0.15) is 81.3 Å². The Hall–Kier alpha value is -2.18. The topological polar surface area (TPSA) is 104 Å². The van der Waals surface area contributed by atoms with Gasteiger partial charge >= 0.3 is 0 Å². The van der Waals surface area contributed by atoms with Gasteiger partial charge in [-0.1, -0.05) is 56.3 Å². The van der Waals surface area contributed by atoms with Crippen LogP contribution in [0.3, 0.4) is 0 Å². The smallest absolute Gasteiger partial charge is 0.252 e. The molecule has 6 aliphatic carbocycles. The molecule has 2 N–H and O–H groups in total. The van der Waals surface area contributed by atoms with Crippen molar-refractivity contribution in [2.45, 2.75) is 93.7 Å². The van der Waals surface area contributed by atoms with Gasteiger partial charge in [-0.15, -0.1) is 22.7 Å². The highest BCUT2D eigenvalue weighted by atomic mass is 32.2. The number of Topliss-reactive ketones (excluding diaryl/α,β-unsaturated/α-hetero) is 1. The number of carbonyl (C=O) groups excluding carboxylic acids is 1. The third-order valence-electron chi connectivity index (χ3n) is 14.6. The Morgan fingerprint density at radius 3 is 2.54 bits per heavy atom. The summed E-state index contributed by atoms with van der Waals surface area (Å²) in [6, 6.07) is 13.6. The number of aliphatic hydroxyl groups is 2. The summed E-state index contributed by atoms with van der Waals surface area (Å²) in [7, 11) is -3.87. The van der Waals surface area contributed by atoms with Crippen LogP contribution in [-0.4, -0.2) is 66.2 Å². The summed E-state index contributed by atoms with van der Waals surface area (Å²) < 4.78 is 37.3. The quantitative estimate of drug-likeness (QED) is 0.183. The molecular weight excluding hydrogens is 687 g/mol. The van der Waals surface area contributed by atoms with Gasteiger partial charge in [0.15, 0.2) is 5.78 Å². The first-order valence-electron chi connectivity index (χ1n) is 18.4. The Morgan fingerprint density at radius 1 is 1.00 bits per heavy atom. The summed E-state index contributed by atoms with van der Waals surface area (Å²) in [5, 5.41) is 26.9. The molecule has 2 bridgehead atoms. The van der Waals surface area contributed by atoms with Crippen molar-refractivity contribution < 1.29 is 28.2 Å². The number of nitrogens with zero attached hydrogens (tertiary/aromatic N) is 1. The molecule has 7 nitrogen and oxygen atoms in total. The van der Waals surface area contributed by atoms with Crippen molar-refractivity contribution in [1.82, 2.24) is 4.31 Å². The molecule has 10 rings (SSSR count). The van der Waals surface area contributed by atoms with Crippen LogP contribution >= 0.6 is 22.7 Å². The van der Waals surface area contributed by atoms with E-state index in [4.69, 9.17) is 4.74 Å². The van der Waals surface area contributed by atoms with Crippen LogP contribution in [-0.2, 0) is 14.8 Å². The molecule has 9 atom stereocenters. The predicted molar refractivity (Wildman–Crippen MR) is 197 cm³/mol. The van der Waals surface area contributed by atoms with E-state index in [-0.39, 0.29) is 46.4 Å². The number of aliphatic hydroxyl groups excluding tert-OH is 1. The Labute approximate surface area is 303 Å². The first-order chi connectivity index (χ1) is 23.9. The van der Waals surface area contributed by atoms with Gasteiger partial charge in [-0.3, -0.25) is 4.79 Å². The fourth-order valence-corrected chi connectivity index (χ4v) is 15.6. The molecule has 3 aromatic rings. The number of hydrogen-bond donors (Lipinski definition) is 2. The van der Waals surface area contributed by atoms with Crippen LogP contribution in [0.25, 0.3) is 10.1 Å². The lowest BCUT2D eigenvalue weighted by molar-refractivity contribution is -0.174. The summed E-state index contributed by atoms with van der Waals surface area (Å²) in [5.41, 5.74) is -2.26. The van der Waals surface area contributed by atoms with E-state index in [1.165, 1.54) is 15.6 Å². The number of ketones is 1. The lowest BCUT2D eigenvalue weighted by Gasteiger charge is -2.71. The van der Waals surface area contributed by atoms with Crippen molar-refractivity contribution >= 4 is 48.6 Å². The lowest BCUT2D eigenvalue weighted by atomic mass is 9.32. The highest BCUT2D eigenvalue weighted by Gasteiger charge is 2.74. The van der Waals surface area contributed by atoms with Gasteiger partial charge in [0, 0.05) is 46.2 Å². The zero-order valence-electron chi connectivity index (χ0n) is 28.8. The molecule has 4 fully saturated rings. The zero-order valence-corrected chi connectivity index (χ0v) is 31.3. The largest absolute Gasteiger partial charge is 0.393 e. The summed E-state index contributed by atoms with van der Waals surface area (Å²) in [6.45, 7) is 5.41. The first kappa shape index (κ1) is 33.6. The number of thiophene rings is 2. The number of ether oxygens (including phenoxy) is 1. The third-order valence-corrected chi connectivity index (χ3v) is 18.9. The highest BCUT2D eigenvalue weighted by Crippen LogP contribution is 2.78. The first-order valence-corrected chi connectivity index (χ1v) is 21.5. The molecular formula is C40H47NO6S3. The van der Waals surface area contributed by atoms with E-state index in [0.717, 1.165) is 59.1 Å². The van der Waals surface area contributed by atoms with E-state index in [2.05, 4.69) is 44.2 Å². The maximum Gasteiger partial charge on any atom is 0.252 e. The average molecular weight is 734 g/mol. The Kier molecular flexibility index (Phi) is 7.68. The summed E-state index contributed by atoms with van der Waals surface area (Å²) in [5.74, 6) is 0.168. The Bertz CT molecular complexity index is 1980. The highest BCUT2D eigenvalue weighted by molar-refractivity contribution is 7.91. The normalized spacial score (nSPS) is 40.5. The zero-order chi connectivity index (χ0) is 34.7. The molecule has 2 spiro atoms. The number of fused-ring (bicyclic) bond motifs is 2. The molecule has 3 heterocycles. The summed E-state index contributed by atoms with van der Waals surface area (Å²) in [6.07, 6.45) is 13.0. The van der Waals surface area contributed by atoms with Crippen LogP contribution in [0.15, 0.2) is 75.9 Å². The monoisotopic (exact) mass is 733 g/mol. The number of benzene rings is 1.